The number of ether oxygens (including phenoxy) is 2. The van der Waals surface area contributed by atoms with E-state index in [1.54, 1.807) is 7.11 Å². The summed E-state index contributed by atoms with van der Waals surface area (Å²) in [5, 5.41) is 14.7. The fourth-order valence-corrected chi connectivity index (χ4v) is 4.73. The highest BCUT2D eigenvalue weighted by molar-refractivity contribution is 7.16. The van der Waals surface area contributed by atoms with E-state index in [1.165, 1.54) is 11.3 Å². The molecule has 2 atom stereocenters. The molecule has 1 amide bonds. The highest BCUT2D eigenvalue weighted by atomic mass is 32.1. The summed E-state index contributed by atoms with van der Waals surface area (Å²) >= 11 is 1.31. The van der Waals surface area contributed by atoms with Gasteiger partial charge in [0.25, 0.3) is 11.5 Å². The van der Waals surface area contributed by atoms with Gasteiger partial charge in [0.05, 0.1) is 25.2 Å². The number of carbonyl (C=O) groups is 1. The molecule has 2 unspecified atom stereocenters. The lowest BCUT2D eigenvalue weighted by Crippen LogP contribution is -2.27. The fourth-order valence-electron chi connectivity index (χ4n) is 3.80. The second-order valence-electron chi connectivity index (χ2n) is 7.74. The Kier molecular flexibility index (Phi) is 6.64. The lowest BCUT2D eigenvalue weighted by molar-refractivity contribution is 0.0829. The minimum absolute atomic E-state index is 0.0188. The summed E-state index contributed by atoms with van der Waals surface area (Å²) < 4.78 is 11.0. The lowest BCUT2D eigenvalue weighted by Gasteiger charge is -2.09. The summed E-state index contributed by atoms with van der Waals surface area (Å²) in [6.07, 6.45) is 2.32. The number of rotatable bonds is 8. The van der Waals surface area contributed by atoms with Gasteiger partial charge in [0.2, 0.25) is 5.82 Å². The van der Waals surface area contributed by atoms with Gasteiger partial charge in [-0.05, 0) is 48.3 Å². The molecular weight excluding hydrogens is 418 g/mol. The Hall–Kier alpha value is -2.75. The van der Waals surface area contributed by atoms with Gasteiger partial charge in [0.1, 0.15) is 10.6 Å². The van der Waals surface area contributed by atoms with Crippen molar-refractivity contribution in [2.45, 2.75) is 38.5 Å². The summed E-state index contributed by atoms with van der Waals surface area (Å²) in [7, 11) is 1.58. The van der Waals surface area contributed by atoms with Crippen molar-refractivity contribution in [3.05, 3.63) is 57.0 Å². The Morgan fingerprint density at radius 3 is 3.03 bits per heavy atom. The first-order chi connectivity index (χ1) is 15.0. The molecule has 2 heterocycles. The van der Waals surface area contributed by atoms with Crippen LogP contribution in [-0.4, -0.2) is 40.8 Å². The number of nitrogens with zero attached hydrogens (tertiary/aromatic N) is 1. The van der Waals surface area contributed by atoms with E-state index in [9.17, 15) is 14.7 Å². The standard InChI is InChI=1S/C22H25N3O5S/c1-29-17-4-2-3-13(8-17)9-23-21(28)19-24-20(27)18-15(12-31-22(18)25-19)11-30-10-14-5-6-16(26)7-14/h2-4,8,12,14,16,26H,5-7,9-11H2,1H3,(H,23,28)(H,24,25,27). The van der Waals surface area contributed by atoms with Crippen LogP contribution in [0.3, 0.4) is 0 Å². The molecule has 1 fully saturated rings. The van der Waals surface area contributed by atoms with Crippen LogP contribution < -0.4 is 15.6 Å². The number of hydrogen-bond acceptors (Lipinski definition) is 7. The number of aliphatic hydroxyl groups is 1. The van der Waals surface area contributed by atoms with E-state index in [-0.39, 0.29) is 24.0 Å². The molecule has 0 radical (unpaired) electrons. The van der Waals surface area contributed by atoms with Crippen molar-refractivity contribution in [1.82, 2.24) is 15.3 Å². The van der Waals surface area contributed by atoms with Crippen molar-refractivity contribution in [1.29, 1.82) is 0 Å². The first-order valence-corrected chi connectivity index (χ1v) is 11.1. The maximum atomic E-state index is 12.6. The molecule has 0 bridgehead atoms. The molecule has 31 heavy (non-hydrogen) atoms. The summed E-state index contributed by atoms with van der Waals surface area (Å²) in [6.45, 7) is 1.15. The quantitative estimate of drug-likeness (QED) is 0.493. The van der Waals surface area contributed by atoms with E-state index < -0.39 is 5.91 Å². The van der Waals surface area contributed by atoms with Crippen molar-refractivity contribution < 1.29 is 19.4 Å². The van der Waals surface area contributed by atoms with Gasteiger partial charge >= 0.3 is 0 Å². The number of hydrogen-bond donors (Lipinski definition) is 3. The molecule has 0 saturated heterocycles. The van der Waals surface area contributed by atoms with E-state index >= 15 is 0 Å². The lowest BCUT2D eigenvalue weighted by atomic mass is 10.1. The second-order valence-corrected chi connectivity index (χ2v) is 8.60. The van der Waals surface area contributed by atoms with Crippen molar-refractivity contribution in [2.24, 2.45) is 5.92 Å². The molecule has 1 aliphatic carbocycles. The SMILES string of the molecule is COc1cccc(CNC(=O)c2nc3scc(COCC4CCC(O)C4)c3c(=O)[nH]2)c1. The van der Waals surface area contributed by atoms with Gasteiger partial charge < -0.3 is 24.9 Å². The van der Waals surface area contributed by atoms with Crippen LogP contribution in [0.5, 0.6) is 5.75 Å². The molecule has 1 saturated carbocycles. The van der Waals surface area contributed by atoms with Crippen LogP contribution >= 0.6 is 11.3 Å². The second kappa shape index (κ2) is 9.59. The van der Waals surface area contributed by atoms with Crippen molar-refractivity contribution in [2.75, 3.05) is 13.7 Å². The van der Waals surface area contributed by atoms with Crippen molar-refractivity contribution in [3.8, 4) is 5.75 Å². The zero-order chi connectivity index (χ0) is 21.8. The third kappa shape index (κ3) is 5.12. The molecule has 8 nitrogen and oxygen atoms in total. The molecule has 3 N–H and O–H groups in total. The van der Waals surface area contributed by atoms with E-state index in [0.717, 1.165) is 30.4 Å². The molecule has 9 heteroatoms. The molecule has 3 aromatic rings. The van der Waals surface area contributed by atoms with Crippen LogP contribution in [0, 0.1) is 5.92 Å². The smallest absolute Gasteiger partial charge is 0.287 e. The number of aromatic amines is 1. The maximum absolute atomic E-state index is 12.6. The highest BCUT2D eigenvalue weighted by Crippen LogP contribution is 2.27. The first-order valence-electron chi connectivity index (χ1n) is 10.2. The number of thiophene rings is 1. The monoisotopic (exact) mass is 443 g/mol. The van der Waals surface area contributed by atoms with E-state index in [0.29, 0.717) is 35.1 Å². The van der Waals surface area contributed by atoms with Gasteiger partial charge in [-0.2, -0.15) is 0 Å². The van der Waals surface area contributed by atoms with Crippen molar-refractivity contribution in [3.63, 3.8) is 0 Å². The predicted molar refractivity (Wildman–Crippen MR) is 117 cm³/mol. The number of H-pyrrole nitrogens is 1. The van der Waals surface area contributed by atoms with Gasteiger partial charge in [0, 0.05) is 18.7 Å². The average molecular weight is 444 g/mol. The Balaban J connectivity index is 1.40. The van der Waals surface area contributed by atoms with Crippen LogP contribution in [0.1, 0.15) is 41.0 Å². The van der Waals surface area contributed by atoms with Gasteiger partial charge in [0.15, 0.2) is 0 Å². The molecule has 1 aromatic carbocycles. The van der Waals surface area contributed by atoms with Crippen LogP contribution in [0.2, 0.25) is 0 Å². The van der Waals surface area contributed by atoms with Crippen LogP contribution in [0.25, 0.3) is 10.2 Å². The summed E-state index contributed by atoms with van der Waals surface area (Å²) in [5.41, 5.74) is 1.28. The molecule has 164 valence electrons. The van der Waals surface area contributed by atoms with Crippen molar-refractivity contribution >= 4 is 27.5 Å². The normalized spacial score (nSPS) is 18.4. The number of methoxy groups -OCH3 is 1. The third-order valence-corrected chi connectivity index (χ3v) is 6.37. The van der Waals surface area contributed by atoms with E-state index in [2.05, 4.69) is 15.3 Å². The zero-order valence-corrected chi connectivity index (χ0v) is 18.0. The molecule has 2 aromatic heterocycles. The van der Waals surface area contributed by atoms with E-state index in [4.69, 9.17) is 9.47 Å². The number of benzene rings is 1. The van der Waals surface area contributed by atoms with Crippen LogP contribution in [-0.2, 0) is 17.9 Å². The fraction of sp³-hybridized carbons (Fsp3) is 0.409. The number of amides is 1. The molecule has 4 rings (SSSR count). The Bertz CT molecular complexity index is 1130. The Labute approximate surface area is 183 Å². The number of carbonyl (C=O) groups excluding carboxylic acids is 1. The average Bonchev–Trinajstić information content (AvgIpc) is 3.38. The number of aromatic nitrogens is 2. The predicted octanol–water partition coefficient (Wildman–Crippen LogP) is 2.60. The van der Waals surface area contributed by atoms with Crippen LogP contribution in [0.15, 0.2) is 34.4 Å². The largest absolute Gasteiger partial charge is 0.497 e. The Morgan fingerprint density at radius 2 is 2.26 bits per heavy atom. The summed E-state index contributed by atoms with van der Waals surface area (Å²) in [6, 6.07) is 7.38. The number of aliphatic hydroxyl groups excluding tert-OH is 1. The topological polar surface area (TPSA) is 114 Å². The number of fused-ring (bicyclic) bond motifs is 1. The minimum Gasteiger partial charge on any atom is -0.497 e. The molecule has 0 spiro atoms. The van der Waals surface area contributed by atoms with Crippen LogP contribution in [0.4, 0.5) is 0 Å². The van der Waals surface area contributed by atoms with Gasteiger partial charge in [-0.15, -0.1) is 11.3 Å². The zero-order valence-electron chi connectivity index (χ0n) is 17.2. The summed E-state index contributed by atoms with van der Waals surface area (Å²) in [5.74, 6) is 0.593. The minimum atomic E-state index is -0.451. The molecule has 1 aliphatic rings. The molecule has 0 aliphatic heterocycles. The Morgan fingerprint density at radius 1 is 1.39 bits per heavy atom. The maximum Gasteiger partial charge on any atom is 0.287 e. The number of nitrogens with one attached hydrogen (secondary N) is 2. The van der Waals surface area contributed by atoms with E-state index in [1.807, 2.05) is 29.6 Å². The first kappa shape index (κ1) is 21.5. The van der Waals surface area contributed by atoms with Gasteiger partial charge in [-0.25, -0.2) is 4.98 Å². The highest BCUT2D eigenvalue weighted by Gasteiger charge is 2.23. The molecular formula is C22H25N3O5S. The summed E-state index contributed by atoms with van der Waals surface area (Å²) in [4.78, 5) is 32.6. The third-order valence-electron chi connectivity index (χ3n) is 5.45. The van der Waals surface area contributed by atoms with Gasteiger partial charge in [-0.1, -0.05) is 12.1 Å². The van der Waals surface area contributed by atoms with Gasteiger partial charge in [-0.3, -0.25) is 9.59 Å².